The molecule has 0 aliphatic heterocycles. The van der Waals surface area contributed by atoms with Crippen molar-refractivity contribution in [1.29, 1.82) is 0 Å². The van der Waals surface area contributed by atoms with Crippen molar-refractivity contribution in [2.75, 3.05) is 0 Å². The number of nitrogens with one attached hydrogen (secondary N) is 1. The van der Waals surface area contributed by atoms with Crippen LogP contribution in [0, 0.1) is 0 Å². The van der Waals surface area contributed by atoms with E-state index in [1.165, 1.54) is 48.8 Å². The highest BCUT2D eigenvalue weighted by molar-refractivity contribution is 6.34. The second-order valence-corrected chi connectivity index (χ2v) is 9.01. The first kappa shape index (κ1) is 17.9. The SMILES string of the molecule is c1ccc2c(-c3ccc4c(c3)c3c5ccccc5[nH]c3c3oc5ccccc5c43)cccc2c1. The van der Waals surface area contributed by atoms with Gasteiger partial charge in [0.05, 0.1) is 5.52 Å². The van der Waals surface area contributed by atoms with Gasteiger partial charge in [-0.25, -0.2) is 0 Å². The molecule has 6 aromatic carbocycles. The molecule has 2 aromatic heterocycles. The molecule has 0 unspecified atom stereocenters. The van der Waals surface area contributed by atoms with Crippen molar-refractivity contribution in [3.63, 3.8) is 0 Å². The first-order chi connectivity index (χ1) is 16.9. The molecule has 2 heterocycles. The van der Waals surface area contributed by atoms with Crippen molar-refractivity contribution in [2.45, 2.75) is 0 Å². The Morgan fingerprint density at radius 2 is 1.29 bits per heavy atom. The molecule has 8 aromatic rings. The third-order valence-electron chi connectivity index (χ3n) is 7.19. The van der Waals surface area contributed by atoms with Gasteiger partial charge in [0.25, 0.3) is 0 Å². The van der Waals surface area contributed by atoms with Crippen molar-refractivity contribution in [3.05, 3.63) is 109 Å². The smallest absolute Gasteiger partial charge is 0.160 e. The van der Waals surface area contributed by atoms with Gasteiger partial charge in [0.15, 0.2) is 5.58 Å². The largest absolute Gasteiger partial charge is 0.454 e. The molecular weight excluding hydrogens is 414 g/mol. The standard InChI is InChI=1S/C32H19NO/c1-2-10-21-19(8-1)9-7-13-22(21)20-16-17-23-26(18-20)29-24-11-3-5-14-27(24)33-31(29)32-30(23)25-12-4-6-15-28(25)34-32/h1-18,33H. The number of fused-ring (bicyclic) bond motifs is 11. The Bertz CT molecular complexity index is 2070. The Kier molecular flexibility index (Phi) is 3.42. The minimum absolute atomic E-state index is 0.920. The van der Waals surface area contributed by atoms with E-state index < -0.39 is 0 Å². The summed E-state index contributed by atoms with van der Waals surface area (Å²) in [7, 11) is 0. The zero-order chi connectivity index (χ0) is 22.2. The molecule has 0 saturated heterocycles. The molecule has 0 radical (unpaired) electrons. The highest BCUT2D eigenvalue weighted by Gasteiger charge is 2.19. The Balaban J connectivity index is 1.60. The summed E-state index contributed by atoms with van der Waals surface area (Å²) < 4.78 is 6.44. The normalized spacial score (nSPS) is 12.1. The van der Waals surface area contributed by atoms with E-state index >= 15 is 0 Å². The van der Waals surface area contributed by atoms with E-state index in [4.69, 9.17) is 4.42 Å². The van der Waals surface area contributed by atoms with Gasteiger partial charge >= 0.3 is 0 Å². The van der Waals surface area contributed by atoms with E-state index in [-0.39, 0.29) is 0 Å². The summed E-state index contributed by atoms with van der Waals surface area (Å²) in [6, 6.07) is 38.9. The zero-order valence-electron chi connectivity index (χ0n) is 18.3. The third kappa shape index (κ3) is 2.29. The van der Waals surface area contributed by atoms with Crippen LogP contribution in [0.1, 0.15) is 0 Å². The topological polar surface area (TPSA) is 28.9 Å². The lowest BCUT2D eigenvalue weighted by molar-refractivity contribution is 0.672. The van der Waals surface area contributed by atoms with Crippen LogP contribution in [0.2, 0.25) is 0 Å². The fourth-order valence-electron chi connectivity index (χ4n) is 5.69. The van der Waals surface area contributed by atoms with E-state index in [9.17, 15) is 0 Å². The number of furan rings is 1. The van der Waals surface area contributed by atoms with Gasteiger partial charge in [0, 0.05) is 27.1 Å². The molecule has 0 aliphatic rings. The molecule has 1 N–H and O–H groups in total. The highest BCUT2D eigenvalue weighted by Crippen LogP contribution is 2.44. The summed E-state index contributed by atoms with van der Waals surface area (Å²) in [6.07, 6.45) is 0. The number of aromatic amines is 1. The molecule has 8 rings (SSSR count). The summed E-state index contributed by atoms with van der Waals surface area (Å²) in [5, 5.41) is 9.77. The van der Waals surface area contributed by atoms with Crippen LogP contribution in [0.5, 0.6) is 0 Å². The predicted octanol–water partition coefficient (Wildman–Crippen LogP) is 9.19. The van der Waals surface area contributed by atoms with Crippen molar-refractivity contribution >= 4 is 65.3 Å². The lowest BCUT2D eigenvalue weighted by atomic mass is 9.93. The fraction of sp³-hybridized carbons (Fsp3) is 0. The van der Waals surface area contributed by atoms with E-state index in [2.05, 4.69) is 108 Å². The van der Waals surface area contributed by atoms with Crippen molar-refractivity contribution < 1.29 is 4.42 Å². The number of para-hydroxylation sites is 2. The fourth-order valence-corrected chi connectivity index (χ4v) is 5.69. The zero-order valence-corrected chi connectivity index (χ0v) is 18.3. The monoisotopic (exact) mass is 433 g/mol. The average Bonchev–Trinajstić information content (AvgIpc) is 3.47. The van der Waals surface area contributed by atoms with Crippen LogP contribution in [-0.4, -0.2) is 4.98 Å². The Morgan fingerprint density at radius 1 is 0.529 bits per heavy atom. The molecule has 0 atom stereocenters. The molecule has 0 aliphatic carbocycles. The summed E-state index contributed by atoms with van der Waals surface area (Å²) >= 11 is 0. The Hall–Kier alpha value is -4.56. The summed E-state index contributed by atoms with van der Waals surface area (Å²) in [5.74, 6) is 0. The van der Waals surface area contributed by atoms with Gasteiger partial charge in [0.1, 0.15) is 5.58 Å². The number of aromatic nitrogens is 1. The van der Waals surface area contributed by atoms with Gasteiger partial charge in [-0.15, -0.1) is 0 Å². The minimum atomic E-state index is 0.920. The number of hydrogen-bond acceptors (Lipinski definition) is 1. The van der Waals surface area contributed by atoms with Crippen LogP contribution in [0.25, 0.3) is 76.4 Å². The van der Waals surface area contributed by atoms with E-state index in [0.717, 1.165) is 27.6 Å². The number of rotatable bonds is 1. The van der Waals surface area contributed by atoms with E-state index in [0.29, 0.717) is 0 Å². The van der Waals surface area contributed by atoms with Gasteiger partial charge < -0.3 is 9.40 Å². The first-order valence-corrected chi connectivity index (χ1v) is 11.6. The predicted molar refractivity (Wildman–Crippen MR) is 144 cm³/mol. The van der Waals surface area contributed by atoms with Gasteiger partial charge in [-0.3, -0.25) is 0 Å². The van der Waals surface area contributed by atoms with Crippen LogP contribution >= 0.6 is 0 Å². The molecule has 0 spiro atoms. The van der Waals surface area contributed by atoms with Crippen molar-refractivity contribution in [3.8, 4) is 11.1 Å². The van der Waals surface area contributed by atoms with E-state index in [1.54, 1.807) is 0 Å². The van der Waals surface area contributed by atoms with Crippen LogP contribution in [0.3, 0.4) is 0 Å². The van der Waals surface area contributed by atoms with Gasteiger partial charge in [-0.05, 0) is 50.9 Å². The molecule has 0 bridgehead atoms. The third-order valence-corrected chi connectivity index (χ3v) is 7.19. The molecule has 0 amide bonds. The second-order valence-electron chi connectivity index (χ2n) is 9.01. The van der Waals surface area contributed by atoms with Crippen LogP contribution in [-0.2, 0) is 0 Å². The molecule has 0 saturated carbocycles. The quantitative estimate of drug-likeness (QED) is 0.275. The molecule has 158 valence electrons. The maximum Gasteiger partial charge on any atom is 0.160 e. The van der Waals surface area contributed by atoms with Gasteiger partial charge in [0.2, 0.25) is 0 Å². The van der Waals surface area contributed by atoms with Crippen molar-refractivity contribution in [1.82, 2.24) is 4.98 Å². The van der Waals surface area contributed by atoms with Crippen molar-refractivity contribution in [2.24, 2.45) is 0 Å². The summed E-state index contributed by atoms with van der Waals surface area (Å²) in [4.78, 5) is 3.67. The Labute approximate surface area is 195 Å². The molecule has 2 heteroatoms. The number of benzene rings is 6. The first-order valence-electron chi connectivity index (χ1n) is 11.6. The lowest BCUT2D eigenvalue weighted by Crippen LogP contribution is -1.84. The molecule has 0 fully saturated rings. The Morgan fingerprint density at radius 3 is 2.24 bits per heavy atom. The summed E-state index contributed by atoms with van der Waals surface area (Å²) in [6.45, 7) is 0. The highest BCUT2D eigenvalue weighted by atomic mass is 16.3. The maximum atomic E-state index is 6.44. The van der Waals surface area contributed by atoms with Crippen LogP contribution in [0.15, 0.2) is 114 Å². The van der Waals surface area contributed by atoms with Crippen LogP contribution in [0.4, 0.5) is 0 Å². The minimum Gasteiger partial charge on any atom is -0.454 e. The second kappa shape index (κ2) is 6.49. The van der Waals surface area contributed by atoms with E-state index in [1.807, 2.05) is 6.07 Å². The molecular formula is C32H19NO. The van der Waals surface area contributed by atoms with Crippen LogP contribution < -0.4 is 0 Å². The molecule has 34 heavy (non-hydrogen) atoms. The van der Waals surface area contributed by atoms with Gasteiger partial charge in [-0.2, -0.15) is 0 Å². The average molecular weight is 434 g/mol. The number of hydrogen-bond donors (Lipinski definition) is 1. The lowest BCUT2D eigenvalue weighted by Gasteiger charge is -2.10. The number of H-pyrrole nitrogens is 1. The maximum absolute atomic E-state index is 6.44. The van der Waals surface area contributed by atoms with Gasteiger partial charge in [-0.1, -0.05) is 91.0 Å². The summed E-state index contributed by atoms with van der Waals surface area (Å²) in [5.41, 5.74) is 6.52. The molecule has 2 nitrogen and oxygen atoms in total.